The molecule has 3 rings (SSSR count). The quantitative estimate of drug-likeness (QED) is 0.299. The first-order chi connectivity index (χ1) is 16.9. The average molecular weight is 496 g/mol. The van der Waals surface area contributed by atoms with Gasteiger partial charge in [-0.2, -0.15) is 5.10 Å². The third-order valence-corrected chi connectivity index (χ3v) is 4.85. The lowest BCUT2D eigenvalue weighted by atomic mass is 10.2. The Labute approximate surface area is 208 Å². The summed E-state index contributed by atoms with van der Waals surface area (Å²) in [4.78, 5) is 24.2. The Morgan fingerprint density at radius 2 is 1.71 bits per heavy atom. The largest absolute Gasteiger partial charge is 0.490 e. The molecule has 2 amide bonds. The molecule has 0 atom stereocenters. The molecule has 2 N–H and O–H groups in total. The number of carbonyl (C=O) groups is 2. The highest BCUT2D eigenvalue weighted by Crippen LogP contribution is 2.28. The minimum atomic E-state index is -0.425. The monoisotopic (exact) mass is 495 g/mol. The van der Waals surface area contributed by atoms with E-state index in [9.17, 15) is 9.59 Å². The van der Waals surface area contributed by atoms with Gasteiger partial charge in [-0.05, 0) is 67.4 Å². The molecule has 3 aromatic carbocycles. The summed E-state index contributed by atoms with van der Waals surface area (Å²) in [5.41, 5.74) is 4.76. The van der Waals surface area contributed by atoms with E-state index in [2.05, 4.69) is 15.8 Å². The lowest BCUT2D eigenvalue weighted by Gasteiger charge is -2.13. The van der Waals surface area contributed by atoms with Crippen LogP contribution in [0.4, 0.5) is 5.69 Å². The number of amides is 2. The number of ether oxygens (including phenoxy) is 3. The zero-order valence-electron chi connectivity index (χ0n) is 19.4. The zero-order valence-corrected chi connectivity index (χ0v) is 20.2. The van der Waals surface area contributed by atoms with Crippen LogP contribution in [-0.2, 0) is 9.59 Å². The Balaban J connectivity index is 1.53. The summed E-state index contributed by atoms with van der Waals surface area (Å²) >= 11 is 5.89. The van der Waals surface area contributed by atoms with E-state index in [1.165, 1.54) is 6.21 Å². The molecule has 0 saturated carbocycles. The molecule has 0 heterocycles. The first-order valence-corrected chi connectivity index (χ1v) is 11.3. The Hall–Kier alpha value is -4.04. The molecule has 9 heteroatoms. The van der Waals surface area contributed by atoms with E-state index in [4.69, 9.17) is 25.8 Å². The fourth-order valence-corrected chi connectivity index (χ4v) is 3.13. The number of halogens is 1. The molecule has 0 bridgehead atoms. The average Bonchev–Trinajstić information content (AvgIpc) is 2.84. The molecular formula is C26H26ClN3O5. The lowest BCUT2D eigenvalue weighted by Crippen LogP contribution is -2.24. The Kier molecular flexibility index (Phi) is 9.50. The number of nitrogens with one attached hydrogen (secondary N) is 2. The van der Waals surface area contributed by atoms with Crippen LogP contribution < -0.4 is 25.0 Å². The number of nitrogens with zero attached hydrogens (tertiary/aromatic N) is 1. The zero-order chi connectivity index (χ0) is 25.0. The predicted molar refractivity (Wildman–Crippen MR) is 136 cm³/mol. The molecule has 35 heavy (non-hydrogen) atoms. The molecule has 0 spiro atoms. The van der Waals surface area contributed by atoms with Crippen molar-refractivity contribution in [1.29, 1.82) is 0 Å². The standard InChI is InChI=1S/C26H26ClN3O5/c1-3-33-24-13-19(15-28-30-26(32)17-34-21-9-6-8-20(27)14-21)11-12-23(24)35-16-25(31)29-22-10-5-4-7-18(22)2/h4-15H,3,16-17H2,1-2H3,(H,29,31)(H,30,32)/b28-15+. The van der Waals surface area contributed by atoms with Gasteiger partial charge in [-0.1, -0.05) is 35.9 Å². The van der Waals surface area contributed by atoms with Crippen molar-refractivity contribution in [2.75, 3.05) is 25.1 Å². The van der Waals surface area contributed by atoms with E-state index >= 15 is 0 Å². The van der Waals surface area contributed by atoms with Crippen molar-refractivity contribution in [3.05, 3.63) is 82.9 Å². The van der Waals surface area contributed by atoms with Crippen LogP contribution in [0.1, 0.15) is 18.1 Å². The Morgan fingerprint density at radius 3 is 2.49 bits per heavy atom. The molecule has 0 saturated heterocycles. The molecule has 0 aromatic heterocycles. The van der Waals surface area contributed by atoms with Gasteiger partial charge in [-0.3, -0.25) is 9.59 Å². The van der Waals surface area contributed by atoms with Crippen LogP contribution in [0.3, 0.4) is 0 Å². The summed E-state index contributed by atoms with van der Waals surface area (Å²) in [6.45, 7) is 3.78. The molecule has 0 unspecified atom stereocenters. The molecule has 0 radical (unpaired) electrons. The summed E-state index contributed by atoms with van der Waals surface area (Å²) in [6, 6.07) is 19.4. The van der Waals surface area contributed by atoms with Gasteiger partial charge in [0.15, 0.2) is 24.7 Å². The van der Waals surface area contributed by atoms with Gasteiger partial charge in [0.1, 0.15) is 5.75 Å². The van der Waals surface area contributed by atoms with Crippen molar-refractivity contribution in [1.82, 2.24) is 5.43 Å². The summed E-state index contributed by atoms with van der Waals surface area (Å²) < 4.78 is 16.7. The summed E-state index contributed by atoms with van der Waals surface area (Å²) in [5.74, 6) is 0.653. The van der Waals surface area contributed by atoms with Gasteiger partial charge in [0, 0.05) is 10.7 Å². The number of anilines is 1. The topological polar surface area (TPSA) is 98.2 Å². The second-order valence-electron chi connectivity index (χ2n) is 7.33. The van der Waals surface area contributed by atoms with Crippen LogP contribution in [0, 0.1) is 6.92 Å². The molecule has 182 valence electrons. The van der Waals surface area contributed by atoms with Crippen LogP contribution in [0.15, 0.2) is 71.8 Å². The highest BCUT2D eigenvalue weighted by Gasteiger charge is 2.10. The van der Waals surface area contributed by atoms with E-state index in [1.807, 2.05) is 38.1 Å². The molecule has 0 aliphatic carbocycles. The number of aryl methyl sites for hydroxylation is 1. The van der Waals surface area contributed by atoms with Crippen LogP contribution in [0.25, 0.3) is 0 Å². The third kappa shape index (κ3) is 8.35. The van der Waals surface area contributed by atoms with Crippen LogP contribution in [0.2, 0.25) is 5.02 Å². The van der Waals surface area contributed by atoms with Crippen LogP contribution in [0.5, 0.6) is 17.2 Å². The maximum absolute atomic E-state index is 12.3. The second-order valence-corrected chi connectivity index (χ2v) is 7.77. The van der Waals surface area contributed by atoms with E-state index in [1.54, 1.807) is 42.5 Å². The summed E-state index contributed by atoms with van der Waals surface area (Å²) in [7, 11) is 0. The first kappa shape index (κ1) is 25.6. The highest BCUT2D eigenvalue weighted by molar-refractivity contribution is 6.30. The first-order valence-electron chi connectivity index (χ1n) is 10.9. The SMILES string of the molecule is CCOc1cc(/C=N/NC(=O)COc2cccc(Cl)c2)ccc1OCC(=O)Nc1ccccc1C. The number of hydrogen-bond acceptors (Lipinski definition) is 6. The number of benzene rings is 3. The molecular weight excluding hydrogens is 470 g/mol. The minimum Gasteiger partial charge on any atom is -0.490 e. The number of carbonyl (C=O) groups excluding carboxylic acids is 2. The highest BCUT2D eigenvalue weighted by atomic mass is 35.5. The van der Waals surface area contributed by atoms with E-state index in [0.717, 1.165) is 11.3 Å². The second kappa shape index (κ2) is 13.0. The molecule has 8 nitrogen and oxygen atoms in total. The minimum absolute atomic E-state index is 0.176. The Morgan fingerprint density at radius 1 is 0.914 bits per heavy atom. The van der Waals surface area contributed by atoms with E-state index in [0.29, 0.717) is 34.4 Å². The maximum Gasteiger partial charge on any atom is 0.277 e. The molecule has 0 fully saturated rings. The molecule has 0 aliphatic rings. The van der Waals surface area contributed by atoms with Crippen molar-refractivity contribution >= 4 is 35.3 Å². The molecule has 0 aliphatic heterocycles. The molecule has 3 aromatic rings. The van der Waals surface area contributed by atoms with Gasteiger partial charge in [-0.15, -0.1) is 0 Å². The van der Waals surface area contributed by atoms with Gasteiger partial charge in [0.25, 0.3) is 11.8 Å². The third-order valence-electron chi connectivity index (χ3n) is 4.61. The number of hydrazone groups is 1. The normalized spacial score (nSPS) is 10.6. The number of hydrogen-bond donors (Lipinski definition) is 2. The fraction of sp³-hybridized carbons (Fsp3) is 0.192. The van der Waals surface area contributed by atoms with Gasteiger partial charge >= 0.3 is 0 Å². The maximum atomic E-state index is 12.3. The van der Waals surface area contributed by atoms with E-state index in [-0.39, 0.29) is 19.1 Å². The van der Waals surface area contributed by atoms with Crippen molar-refractivity contribution in [3.63, 3.8) is 0 Å². The van der Waals surface area contributed by atoms with Gasteiger partial charge < -0.3 is 19.5 Å². The van der Waals surface area contributed by atoms with E-state index < -0.39 is 5.91 Å². The van der Waals surface area contributed by atoms with Crippen molar-refractivity contribution in [2.45, 2.75) is 13.8 Å². The summed E-state index contributed by atoms with van der Waals surface area (Å²) in [6.07, 6.45) is 1.47. The van der Waals surface area contributed by atoms with Crippen molar-refractivity contribution < 1.29 is 23.8 Å². The van der Waals surface area contributed by atoms with Gasteiger partial charge in [0.2, 0.25) is 0 Å². The van der Waals surface area contributed by atoms with Crippen LogP contribution in [-0.4, -0.2) is 37.8 Å². The van der Waals surface area contributed by atoms with Gasteiger partial charge in [-0.25, -0.2) is 5.43 Å². The number of para-hydroxylation sites is 1. The van der Waals surface area contributed by atoms with Crippen molar-refractivity contribution in [2.24, 2.45) is 5.10 Å². The predicted octanol–water partition coefficient (Wildman–Crippen LogP) is 4.59. The van der Waals surface area contributed by atoms with Crippen molar-refractivity contribution in [3.8, 4) is 17.2 Å². The Bertz CT molecular complexity index is 1200. The summed E-state index contributed by atoms with van der Waals surface area (Å²) in [5, 5.41) is 7.28. The van der Waals surface area contributed by atoms with Crippen LogP contribution >= 0.6 is 11.6 Å². The fourth-order valence-electron chi connectivity index (χ4n) is 2.95. The number of rotatable bonds is 11. The lowest BCUT2D eigenvalue weighted by molar-refractivity contribution is -0.123. The smallest absolute Gasteiger partial charge is 0.277 e. The van der Waals surface area contributed by atoms with Gasteiger partial charge in [0.05, 0.1) is 12.8 Å².